The van der Waals surface area contributed by atoms with Crippen LogP contribution in [0.25, 0.3) is 0 Å². The highest BCUT2D eigenvalue weighted by Gasteiger charge is 2.66. The van der Waals surface area contributed by atoms with Crippen molar-refractivity contribution in [3.8, 4) is 0 Å². The van der Waals surface area contributed by atoms with Gasteiger partial charge in [-0.25, -0.2) is 0 Å². The molecule has 0 aliphatic rings. The van der Waals surface area contributed by atoms with Crippen molar-refractivity contribution in [1.29, 1.82) is 0 Å². The second-order valence-corrected chi connectivity index (χ2v) is 8.97. The average Bonchev–Trinajstić information content (AvgIpc) is 2.00. The van der Waals surface area contributed by atoms with Crippen molar-refractivity contribution in [2.45, 2.75) is 18.0 Å². The van der Waals surface area contributed by atoms with Crippen LogP contribution in [-0.2, 0) is 0 Å². The van der Waals surface area contributed by atoms with E-state index in [0.29, 0.717) is 6.07 Å². The summed E-state index contributed by atoms with van der Waals surface area (Å²) in [6.45, 7) is 3.17. The first kappa shape index (κ1) is 12.5. The van der Waals surface area contributed by atoms with E-state index in [1.807, 2.05) is 0 Å². The van der Waals surface area contributed by atoms with Crippen molar-refractivity contribution in [2.24, 2.45) is 0 Å². The first-order valence-corrected chi connectivity index (χ1v) is 9.08. The van der Waals surface area contributed by atoms with Crippen LogP contribution in [0.2, 0.25) is 13.1 Å². The van der Waals surface area contributed by atoms with Crippen molar-refractivity contribution >= 4 is 24.2 Å². The van der Waals surface area contributed by atoms with Gasteiger partial charge in [-0.15, -0.1) is 0 Å². The lowest BCUT2D eigenvalue weighted by Crippen LogP contribution is -2.29. The minimum absolute atomic E-state index is 0.225. The summed E-state index contributed by atoms with van der Waals surface area (Å²) in [6, 6.07) is 3.97. The van der Waals surface area contributed by atoms with Crippen LogP contribution in [0.15, 0.2) is 29.2 Å². The van der Waals surface area contributed by atoms with Crippen molar-refractivity contribution in [3.63, 3.8) is 0 Å². The molecule has 0 radical (unpaired) electrons. The van der Waals surface area contributed by atoms with E-state index < -0.39 is 23.9 Å². The molecule has 0 spiro atoms. The van der Waals surface area contributed by atoms with Crippen LogP contribution >= 0.6 is 10.2 Å². The quantitative estimate of drug-likeness (QED) is 0.557. The van der Waals surface area contributed by atoms with Crippen molar-refractivity contribution < 1.29 is 19.4 Å². The van der Waals surface area contributed by atoms with E-state index in [2.05, 4.69) is 0 Å². The van der Waals surface area contributed by atoms with Gasteiger partial charge in [0.05, 0.1) is 8.80 Å². The van der Waals surface area contributed by atoms with Crippen molar-refractivity contribution in [1.82, 2.24) is 0 Å². The number of halogens is 5. The largest absolute Gasteiger partial charge is 0.310 e. The molecule has 0 heterocycles. The van der Waals surface area contributed by atoms with E-state index in [-0.39, 0.29) is 5.19 Å². The molecule has 0 aromatic heterocycles. The summed E-state index contributed by atoms with van der Waals surface area (Å²) in [5, 5.41) is -0.225. The minimum Gasteiger partial charge on any atom is -0.0936 e. The van der Waals surface area contributed by atoms with Crippen LogP contribution in [0.4, 0.5) is 19.4 Å². The topological polar surface area (TPSA) is 0 Å². The third-order valence-corrected chi connectivity index (χ3v) is 5.12. The predicted molar refractivity (Wildman–Crippen MR) is 56.4 cm³/mol. The molecular formula is C8H11F5SSi. The Morgan fingerprint density at radius 1 is 0.933 bits per heavy atom. The van der Waals surface area contributed by atoms with E-state index >= 15 is 0 Å². The highest BCUT2D eigenvalue weighted by atomic mass is 32.5. The summed E-state index contributed by atoms with van der Waals surface area (Å²) in [5.74, 6) is 0. The third kappa shape index (κ3) is 2.94. The molecule has 0 unspecified atom stereocenters. The van der Waals surface area contributed by atoms with Crippen molar-refractivity contribution in [2.75, 3.05) is 0 Å². The van der Waals surface area contributed by atoms with Crippen LogP contribution in [0, 0.1) is 0 Å². The Kier molecular flexibility index (Phi) is 2.30. The Bertz CT molecular complexity index is 382. The molecule has 0 atom stereocenters. The maximum absolute atomic E-state index is 12.6. The summed E-state index contributed by atoms with van der Waals surface area (Å²) in [6.07, 6.45) is 0. The van der Waals surface area contributed by atoms with Crippen LogP contribution in [0.1, 0.15) is 0 Å². The molecule has 0 amide bonds. The molecule has 0 fully saturated rings. The van der Waals surface area contributed by atoms with Gasteiger partial charge in [-0.3, -0.25) is 0 Å². The van der Waals surface area contributed by atoms with Gasteiger partial charge in [0.2, 0.25) is 0 Å². The zero-order valence-electron chi connectivity index (χ0n) is 8.18. The maximum atomic E-state index is 12.6. The first-order valence-electron chi connectivity index (χ1n) is 4.25. The number of rotatable bonds is 2. The van der Waals surface area contributed by atoms with Gasteiger partial charge < -0.3 is 0 Å². The van der Waals surface area contributed by atoms with Gasteiger partial charge in [-0.2, -0.15) is 0 Å². The number of hydrogen-bond acceptors (Lipinski definition) is 0. The molecule has 0 bridgehead atoms. The normalized spacial score (nSPS) is 17.3. The Labute approximate surface area is 86.4 Å². The van der Waals surface area contributed by atoms with Crippen LogP contribution < -0.4 is 5.19 Å². The second kappa shape index (κ2) is 2.76. The van der Waals surface area contributed by atoms with Crippen LogP contribution in [0.5, 0.6) is 0 Å². The molecule has 0 N–H and O–H groups in total. The van der Waals surface area contributed by atoms with Gasteiger partial charge in [-0.05, 0) is 11.3 Å². The van der Waals surface area contributed by atoms with Gasteiger partial charge in [0, 0.05) is 0 Å². The number of hydrogen-bond donors (Lipinski definition) is 0. The molecule has 0 nitrogen and oxygen atoms in total. The SMILES string of the molecule is C[SiH](C)c1ccccc1S(F)(F)(F)(F)F. The van der Waals surface area contributed by atoms with Gasteiger partial charge >= 0.3 is 10.2 Å². The second-order valence-electron chi connectivity index (χ2n) is 3.66. The third-order valence-electron chi connectivity index (χ3n) is 1.96. The molecule has 7 heteroatoms. The fraction of sp³-hybridized carbons (Fsp3) is 0.250. The maximum Gasteiger partial charge on any atom is 0.310 e. The van der Waals surface area contributed by atoms with E-state index in [9.17, 15) is 19.4 Å². The monoisotopic (exact) mass is 262 g/mol. The van der Waals surface area contributed by atoms with E-state index in [0.717, 1.165) is 12.1 Å². The Hall–Kier alpha value is -0.563. The standard InChI is InChI=1S/C8H11F5SSi/c1-15(2)8-6-4-3-5-7(8)14(9,10,11,12)13/h3-6,15H,1-2H3. The van der Waals surface area contributed by atoms with E-state index in [1.165, 1.54) is 6.07 Å². The lowest BCUT2D eigenvalue weighted by atomic mass is 10.4. The average molecular weight is 262 g/mol. The fourth-order valence-electron chi connectivity index (χ4n) is 1.31. The summed E-state index contributed by atoms with van der Waals surface area (Å²) in [7, 11) is -11.4. The molecule has 15 heavy (non-hydrogen) atoms. The van der Waals surface area contributed by atoms with Crippen LogP contribution in [-0.4, -0.2) is 8.80 Å². The smallest absolute Gasteiger partial charge is 0.0936 e. The molecule has 0 saturated carbocycles. The molecule has 0 saturated heterocycles. The molecule has 1 rings (SSSR count). The molecule has 0 aliphatic carbocycles. The van der Waals surface area contributed by atoms with E-state index in [4.69, 9.17) is 0 Å². The lowest BCUT2D eigenvalue weighted by Gasteiger charge is -2.42. The fourth-order valence-corrected chi connectivity index (χ4v) is 4.69. The highest BCUT2D eigenvalue weighted by Crippen LogP contribution is 3.01. The van der Waals surface area contributed by atoms with Gasteiger partial charge in [0.25, 0.3) is 0 Å². The van der Waals surface area contributed by atoms with Gasteiger partial charge in [0.15, 0.2) is 0 Å². The van der Waals surface area contributed by atoms with E-state index in [1.54, 1.807) is 13.1 Å². The first-order chi connectivity index (χ1) is 6.41. The van der Waals surface area contributed by atoms with Gasteiger partial charge in [-0.1, -0.05) is 50.7 Å². The summed E-state index contributed by atoms with van der Waals surface area (Å²) in [4.78, 5) is -1.71. The molecule has 88 valence electrons. The summed E-state index contributed by atoms with van der Waals surface area (Å²) < 4.78 is 63.0. The summed E-state index contributed by atoms with van der Waals surface area (Å²) >= 11 is 0. The number of benzene rings is 1. The van der Waals surface area contributed by atoms with Gasteiger partial charge in [0.1, 0.15) is 4.90 Å². The lowest BCUT2D eigenvalue weighted by molar-refractivity contribution is 0.365. The predicted octanol–water partition coefficient (Wildman–Crippen LogP) is 4.04. The highest BCUT2D eigenvalue weighted by molar-refractivity contribution is 8.46. The minimum atomic E-state index is -9.51. The Balaban J connectivity index is 3.54. The molecule has 0 aliphatic heterocycles. The molecule has 1 aromatic carbocycles. The van der Waals surface area contributed by atoms with Crippen LogP contribution in [0.3, 0.4) is 0 Å². The Morgan fingerprint density at radius 3 is 1.73 bits per heavy atom. The van der Waals surface area contributed by atoms with Crippen molar-refractivity contribution in [3.05, 3.63) is 24.3 Å². The molecular weight excluding hydrogens is 251 g/mol. The molecule has 1 aromatic rings. The zero-order chi connectivity index (χ0) is 12.0. The Morgan fingerprint density at radius 2 is 1.40 bits per heavy atom. The zero-order valence-corrected chi connectivity index (χ0v) is 10.2. The summed E-state index contributed by atoms with van der Waals surface area (Å²) in [5.41, 5.74) is 0.